The van der Waals surface area contributed by atoms with Crippen LogP contribution >= 0.6 is 15.9 Å². The summed E-state index contributed by atoms with van der Waals surface area (Å²) in [5.41, 5.74) is 3.32. The van der Waals surface area contributed by atoms with Crippen LogP contribution in [0.2, 0.25) is 0 Å². The lowest BCUT2D eigenvalue weighted by atomic mass is 10.1. The minimum Gasteiger partial charge on any atom is -0.337 e. The first-order valence-electron chi connectivity index (χ1n) is 6.34. The largest absolute Gasteiger partial charge is 0.337 e. The van der Waals surface area contributed by atoms with Crippen LogP contribution in [0.25, 0.3) is 11.4 Å². The third kappa shape index (κ3) is 2.87. The number of hydrogen-bond acceptors (Lipinski definition) is 4. The minimum atomic E-state index is 0.110. The highest BCUT2D eigenvalue weighted by Crippen LogP contribution is 2.27. The van der Waals surface area contributed by atoms with E-state index in [0.717, 1.165) is 16.5 Å². The number of halogens is 1. The molecule has 1 heterocycles. The fraction of sp³-hybridized carbons (Fsp3) is 0.429. The monoisotopic (exact) mass is 323 g/mol. The molecule has 1 aromatic carbocycles. The van der Waals surface area contributed by atoms with E-state index in [2.05, 4.69) is 64.3 Å². The Kier molecular flexibility index (Phi) is 4.37. The summed E-state index contributed by atoms with van der Waals surface area (Å²) in [5, 5.41) is 7.23. The van der Waals surface area contributed by atoms with Gasteiger partial charge in [0.25, 0.3) is 0 Å². The molecule has 0 fully saturated rings. The first-order chi connectivity index (χ1) is 9.06. The lowest BCUT2D eigenvalue weighted by Crippen LogP contribution is -2.15. The molecule has 0 radical (unpaired) electrons. The molecule has 1 atom stereocenters. The van der Waals surface area contributed by atoms with E-state index < -0.39 is 0 Å². The maximum absolute atomic E-state index is 5.34. The standard InChI is InChI=1S/C14H18BrN3O/c1-5-11(16-4)14-17-13(18-19-14)10-6-8(2)12(15)9(3)7-10/h6-7,11,16H,5H2,1-4H3. The van der Waals surface area contributed by atoms with Crippen LogP contribution < -0.4 is 5.32 Å². The van der Waals surface area contributed by atoms with Crippen LogP contribution in [-0.4, -0.2) is 17.2 Å². The van der Waals surface area contributed by atoms with Crippen molar-refractivity contribution in [2.75, 3.05) is 7.05 Å². The number of hydrogen-bond donors (Lipinski definition) is 1. The molecule has 2 rings (SSSR count). The van der Waals surface area contributed by atoms with Gasteiger partial charge in [-0.15, -0.1) is 0 Å². The predicted molar refractivity (Wildman–Crippen MR) is 79.0 cm³/mol. The summed E-state index contributed by atoms with van der Waals surface area (Å²) < 4.78 is 6.46. The summed E-state index contributed by atoms with van der Waals surface area (Å²) in [6.07, 6.45) is 0.913. The molecule has 2 aromatic rings. The maximum Gasteiger partial charge on any atom is 0.244 e. The summed E-state index contributed by atoms with van der Waals surface area (Å²) >= 11 is 3.56. The van der Waals surface area contributed by atoms with Gasteiger partial charge in [-0.1, -0.05) is 28.0 Å². The number of nitrogens with one attached hydrogen (secondary N) is 1. The number of rotatable bonds is 4. The Hall–Kier alpha value is -1.20. The quantitative estimate of drug-likeness (QED) is 0.930. The Labute approximate surface area is 121 Å². The molecule has 1 N–H and O–H groups in total. The maximum atomic E-state index is 5.34. The zero-order valence-electron chi connectivity index (χ0n) is 11.6. The zero-order chi connectivity index (χ0) is 14.0. The van der Waals surface area contributed by atoms with E-state index in [1.165, 1.54) is 11.1 Å². The molecule has 1 unspecified atom stereocenters. The Morgan fingerprint density at radius 2 is 1.95 bits per heavy atom. The lowest BCUT2D eigenvalue weighted by molar-refractivity contribution is 0.334. The van der Waals surface area contributed by atoms with Crippen LogP contribution in [0.5, 0.6) is 0 Å². The van der Waals surface area contributed by atoms with Gasteiger partial charge in [0, 0.05) is 10.0 Å². The molecule has 102 valence electrons. The van der Waals surface area contributed by atoms with Crippen molar-refractivity contribution < 1.29 is 4.52 Å². The van der Waals surface area contributed by atoms with Gasteiger partial charge in [0.15, 0.2) is 0 Å². The van der Waals surface area contributed by atoms with Gasteiger partial charge in [-0.2, -0.15) is 4.98 Å². The zero-order valence-corrected chi connectivity index (χ0v) is 13.2. The number of aromatic nitrogens is 2. The van der Waals surface area contributed by atoms with Crippen LogP contribution in [0.15, 0.2) is 21.1 Å². The van der Waals surface area contributed by atoms with Gasteiger partial charge in [-0.05, 0) is 50.6 Å². The van der Waals surface area contributed by atoms with Gasteiger partial charge < -0.3 is 9.84 Å². The van der Waals surface area contributed by atoms with Gasteiger partial charge in [-0.25, -0.2) is 0 Å². The second-order valence-corrected chi connectivity index (χ2v) is 5.42. The van der Waals surface area contributed by atoms with Crippen molar-refractivity contribution in [2.24, 2.45) is 0 Å². The predicted octanol–water partition coefficient (Wildman–Crippen LogP) is 3.79. The first-order valence-corrected chi connectivity index (χ1v) is 7.14. The summed E-state index contributed by atoms with van der Waals surface area (Å²) in [6.45, 7) is 6.20. The van der Waals surface area contributed by atoms with Crippen LogP contribution in [0, 0.1) is 13.8 Å². The van der Waals surface area contributed by atoms with Crippen molar-refractivity contribution in [2.45, 2.75) is 33.2 Å². The topological polar surface area (TPSA) is 51.0 Å². The molecule has 1 aromatic heterocycles. The van der Waals surface area contributed by atoms with Crippen LogP contribution in [-0.2, 0) is 0 Å². The molecule has 0 saturated carbocycles. The fourth-order valence-corrected chi connectivity index (χ4v) is 2.30. The van der Waals surface area contributed by atoms with Crippen molar-refractivity contribution in [1.82, 2.24) is 15.5 Å². The Morgan fingerprint density at radius 1 is 1.32 bits per heavy atom. The second kappa shape index (κ2) is 5.84. The van der Waals surface area contributed by atoms with Crippen molar-refractivity contribution in [3.05, 3.63) is 33.6 Å². The number of nitrogens with zero attached hydrogens (tertiary/aromatic N) is 2. The van der Waals surface area contributed by atoms with Crippen molar-refractivity contribution in [3.63, 3.8) is 0 Å². The molecular weight excluding hydrogens is 306 g/mol. The van der Waals surface area contributed by atoms with E-state index in [1.807, 2.05) is 7.05 Å². The number of benzene rings is 1. The van der Waals surface area contributed by atoms with E-state index in [4.69, 9.17) is 4.52 Å². The van der Waals surface area contributed by atoms with Gasteiger partial charge in [0.05, 0.1) is 6.04 Å². The Bertz CT molecular complexity index is 553. The van der Waals surface area contributed by atoms with Gasteiger partial charge in [-0.3, -0.25) is 0 Å². The van der Waals surface area contributed by atoms with E-state index in [-0.39, 0.29) is 6.04 Å². The second-order valence-electron chi connectivity index (χ2n) is 4.63. The summed E-state index contributed by atoms with van der Waals surface area (Å²) in [4.78, 5) is 4.48. The molecule has 0 saturated heterocycles. The van der Waals surface area contributed by atoms with Crippen molar-refractivity contribution >= 4 is 15.9 Å². The number of aryl methyl sites for hydroxylation is 2. The van der Waals surface area contributed by atoms with Crippen molar-refractivity contribution in [3.8, 4) is 11.4 Å². The van der Waals surface area contributed by atoms with Crippen LogP contribution in [0.3, 0.4) is 0 Å². The summed E-state index contributed by atoms with van der Waals surface area (Å²) in [6, 6.07) is 4.23. The van der Waals surface area contributed by atoms with E-state index >= 15 is 0 Å². The normalized spacial score (nSPS) is 12.7. The fourth-order valence-electron chi connectivity index (χ4n) is 2.07. The molecule has 0 aliphatic heterocycles. The van der Waals surface area contributed by atoms with Crippen LogP contribution in [0.1, 0.15) is 36.4 Å². The van der Waals surface area contributed by atoms with Gasteiger partial charge in [0.1, 0.15) is 0 Å². The highest BCUT2D eigenvalue weighted by molar-refractivity contribution is 9.10. The van der Waals surface area contributed by atoms with Gasteiger partial charge in [0.2, 0.25) is 11.7 Å². The third-order valence-electron chi connectivity index (χ3n) is 3.19. The Morgan fingerprint density at radius 3 is 2.47 bits per heavy atom. The molecule has 0 aliphatic rings. The molecule has 4 nitrogen and oxygen atoms in total. The minimum absolute atomic E-state index is 0.110. The average molecular weight is 324 g/mol. The SMILES string of the molecule is CCC(NC)c1nc(-c2cc(C)c(Br)c(C)c2)no1. The average Bonchev–Trinajstić information content (AvgIpc) is 2.86. The van der Waals surface area contributed by atoms with Crippen LogP contribution in [0.4, 0.5) is 0 Å². The smallest absolute Gasteiger partial charge is 0.244 e. The van der Waals surface area contributed by atoms with Crippen molar-refractivity contribution in [1.29, 1.82) is 0 Å². The first kappa shape index (κ1) is 14.2. The molecule has 0 bridgehead atoms. The molecule has 5 heteroatoms. The third-order valence-corrected chi connectivity index (χ3v) is 4.44. The summed E-state index contributed by atoms with van der Waals surface area (Å²) in [5.74, 6) is 1.28. The van der Waals surface area contributed by atoms with Gasteiger partial charge >= 0.3 is 0 Å². The Balaban J connectivity index is 2.38. The summed E-state index contributed by atoms with van der Waals surface area (Å²) in [7, 11) is 1.89. The van der Waals surface area contributed by atoms with E-state index in [0.29, 0.717) is 11.7 Å². The molecule has 0 spiro atoms. The molecule has 19 heavy (non-hydrogen) atoms. The highest BCUT2D eigenvalue weighted by Gasteiger charge is 2.16. The van der Waals surface area contributed by atoms with E-state index in [1.54, 1.807) is 0 Å². The highest BCUT2D eigenvalue weighted by atomic mass is 79.9. The molecular formula is C14H18BrN3O. The molecule has 0 aliphatic carbocycles. The lowest BCUT2D eigenvalue weighted by Gasteiger charge is -2.07. The molecule has 0 amide bonds. The van der Waals surface area contributed by atoms with E-state index in [9.17, 15) is 0 Å².